The molecule has 1 fully saturated rings. The fourth-order valence-corrected chi connectivity index (χ4v) is 2.16. The molecular formula is C11H11ClN4O3S. The van der Waals surface area contributed by atoms with Gasteiger partial charge in [-0.25, -0.2) is 0 Å². The lowest BCUT2D eigenvalue weighted by Crippen LogP contribution is -2.51. The zero-order valence-electron chi connectivity index (χ0n) is 10.3. The summed E-state index contributed by atoms with van der Waals surface area (Å²) in [6, 6.07) is 4.04. The summed E-state index contributed by atoms with van der Waals surface area (Å²) in [5.41, 5.74) is 0.257. The summed E-state index contributed by atoms with van der Waals surface area (Å²) < 4.78 is 0. The summed E-state index contributed by atoms with van der Waals surface area (Å²) in [5.74, 6) is -0.120. The average molecular weight is 315 g/mol. The smallest absolute Gasteiger partial charge is 0.271 e. The van der Waals surface area contributed by atoms with Crippen LogP contribution in [0.2, 0.25) is 5.02 Å². The zero-order chi connectivity index (χ0) is 14.7. The molecule has 0 bridgehead atoms. The summed E-state index contributed by atoms with van der Waals surface area (Å²) in [4.78, 5) is 23.2. The van der Waals surface area contributed by atoms with Gasteiger partial charge in [0.15, 0.2) is 5.11 Å². The van der Waals surface area contributed by atoms with Gasteiger partial charge in [-0.05, 0) is 18.3 Å². The van der Waals surface area contributed by atoms with Crippen molar-refractivity contribution in [3.63, 3.8) is 0 Å². The minimum Gasteiger partial charge on any atom is -0.353 e. The molecule has 0 spiro atoms. The summed E-state index contributed by atoms with van der Waals surface area (Å²) in [5, 5.41) is 16.9. The maximum atomic E-state index is 11.3. The third kappa shape index (κ3) is 3.34. The largest absolute Gasteiger partial charge is 0.353 e. The number of non-ortho nitro benzene ring substituents is 1. The summed E-state index contributed by atoms with van der Waals surface area (Å²) in [6.45, 7) is 1.23. The summed E-state index contributed by atoms with van der Waals surface area (Å²) in [7, 11) is 0. The molecule has 106 valence electrons. The highest BCUT2D eigenvalue weighted by atomic mass is 35.5. The molecule has 0 aromatic heterocycles. The Bertz CT molecular complexity index is 581. The number of halogens is 1. The number of amides is 1. The second-order valence-electron chi connectivity index (χ2n) is 4.12. The number of carbonyl (C=O) groups excluding carboxylic acids is 1. The normalized spacial score (nSPS) is 14.7. The molecule has 7 nitrogen and oxygen atoms in total. The van der Waals surface area contributed by atoms with Crippen LogP contribution in [0.25, 0.3) is 0 Å². The molecule has 0 radical (unpaired) electrons. The molecule has 2 rings (SSSR count). The van der Waals surface area contributed by atoms with Crippen molar-refractivity contribution in [1.29, 1.82) is 0 Å². The lowest BCUT2D eigenvalue weighted by molar-refractivity contribution is -0.384. The van der Waals surface area contributed by atoms with Gasteiger partial charge in [-0.15, -0.1) is 0 Å². The van der Waals surface area contributed by atoms with Gasteiger partial charge in [0.2, 0.25) is 5.91 Å². The molecule has 9 heteroatoms. The van der Waals surface area contributed by atoms with E-state index in [1.54, 1.807) is 4.90 Å². The molecule has 0 aliphatic carbocycles. The number of piperazine rings is 1. The molecule has 0 saturated carbocycles. The van der Waals surface area contributed by atoms with E-state index in [4.69, 9.17) is 23.8 Å². The van der Waals surface area contributed by atoms with Gasteiger partial charge in [-0.3, -0.25) is 14.9 Å². The van der Waals surface area contributed by atoms with Gasteiger partial charge in [-0.2, -0.15) is 0 Å². The van der Waals surface area contributed by atoms with E-state index < -0.39 is 4.92 Å². The van der Waals surface area contributed by atoms with Crippen LogP contribution in [-0.4, -0.2) is 40.5 Å². The second-order valence-corrected chi connectivity index (χ2v) is 4.92. The lowest BCUT2D eigenvalue weighted by atomic mass is 10.3. The van der Waals surface area contributed by atoms with Crippen LogP contribution < -0.4 is 10.6 Å². The predicted molar refractivity (Wildman–Crippen MR) is 78.9 cm³/mol. The van der Waals surface area contributed by atoms with E-state index in [9.17, 15) is 14.9 Å². The monoisotopic (exact) mass is 314 g/mol. The molecule has 20 heavy (non-hydrogen) atoms. The maximum absolute atomic E-state index is 11.3. The summed E-state index contributed by atoms with van der Waals surface area (Å²) in [6.07, 6.45) is 0. The fraction of sp³-hybridized carbons (Fsp3) is 0.273. The van der Waals surface area contributed by atoms with Gasteiger partial charge < -0.3 is 15.5 Å². The molecule has 1 heterocycles. The topological polar surface area (TPSA) is 87.5 Å². The average Bonchev–Trinajstić information content (AvgIpc) is 2.41. The Morgan fingerprint density at radius 3 is 2.95 bits per heavy atom. The molecule has 1 aliphatic heterocycles. The number of nitrogens with zero attached hydrogens (tertiary/aromatic N) is 2. The van der Waals surface area contributed by atoms with E-state index in [2.05, 4.69) is 10.6 Å². The second kappa shape index (κ2) is 6.02. The first-order valence-corrected chi connectivity index (χ1v) is 6.52. The van der Waals surface area contributed by atoms with Gasteiger partial charge in [0.1, 0.15) is 0 Å². The summed E-state index contributed by atoms with van der Waals surface area (Å²) >= 11 is 11.2. The van der Waals surface area contributed by atoms with Crippen LogP contribution in [0.4, 0.5) is 11.4 Å². The Morgan fingerprint density at radius 2 is 2.30 bits per heavy atom. The Morgan fingerprint density at radius 1 is 1.55 bits per heavy atom. The minimum atomic E-state index is -0.515. The molecule has 1 amide bonds. The molecule has 0 atom stereocenters. The van der Waals surface area contributed by atoms with E-state index in [1.165, 1.54) is 18.2 Å². The van der Waals surface area contributed by atoms with E-state index in [-0.39, 0.29) is 18.1 Å². The van der Waals surface area contributed by atoms with Crippen molar-refractivity contribution < 1.29 is 9.72 Å². The SMILES string of the molecule is O=C1CN(C(=S)Nc2cc([N+](=O)[O-])ccc2Cl)CCN1. The van der Waals surface area contributed by atoms with Crippen LogP contribution in [0.3, 0.4) is 0 Å². The van der Waals surface area contributed by atoms with Crippen molar-refractivity contribution in [3.8, 4) is 0 Å². The molecule has 1 aromatic rings. The highest BCUT2D eigenvalue weighted by molar-refractivity contribution is 7.80. The molecule has 0 unspecified atom stereocenters. The van der Waals surface area contributed by atoms with Crippen LogP contribution >= 0.6 is 23.8 Å². The van der Waals surface area contributed by atoms with Gasteiger partial charge in [0.25, 0.3) is 5.69 Å². The number of carbonyl (C=O) groups is 1. The van der Waals surface area contributed by atoms with E-state index in [1.807, 2.05) is 0 Å². The maximum Gasteiger partial charge on any atom is 0.271 e. The number of anilines is 1. The quantitative estimate of drug-likeness (QED) is 0.487. The highest BCUT2D eigenvalue weighted by Gasteiger charge is 2.19. The number of thiocarbonyl (C=S) groups is 1. The van der Waals surface area contributed by atoms with Crippen LogP contribution in [0.1, 0.15) is 0 Å². The van der Waals surface area contributed by atoms with Gasteiger partial charge in [0.05, 0.1) is 22.2 Å². The van der Waals surface area contributed by atoms with Crippen LogP contribution in [0.5, 0.6) is 0 Å². The first kappa shape index (κ1) is 14.5. The zero-order valence-corrected chi connectivity index (χ0v) is 11.8. The number of nitro groups is 1. The van der Waals surface area contributed by atoms with Crippen LogP contribution in [0, 0.1) is 10.1 Å². The van der Waals surface area contributed by atoms with Crippen molar-refractivity contribution in [2.75, 3.05) is 25.0 Å². The van der Waals surface area contributed by atoms with Gasteiger partial charge in [0, 0.05) is 25.2 Å². The minimum absolute atomic E-state index is 0.0870. The van der Waals surface area contributed by atoms with Crippen molar-refractivity contribution in [2.45, 2.75) is 0 Å². The molecular weight excluding hydrogens is 304 g/mol. The number of rotatable bonds is 2. The Hall–Kier alpha value is -1.93. The Kier molecular flexibility index (Phi) is 4.35. The number of hydrogen-bond donors (Lipinski definition) is 2. The molecule has 1 aliphatic rings. The van der Waals surface area contributed by atoms with Gasteiger partial charge >= 0.3 is 0 Å². The molecule has 2 N–H and O–H groups in total. The van der Waals surface area contributed by atoms with Gasteiger partial charge in [-0.1, -0.05) is 11.6 Å². The highest BCUT2D eigenvalue weighted by Crippen LogP contribution is 2.26. The standard InChI is InChI=1S/C11H11ClN4O3S/c12-8-2-1-7(16(18)19)5-9(8)14-11(20)15-4-3-13-10(17)6-15/h1-2,5H,3-4,6H2,(H,13,17)(H,14,20). The van der Waals surface area contributed by atoms with Crippen LogP contribution in [-0.2, 0) is 4.79 Å². The number of benzene rings is 1. The van der Waals surface area contributed by atoms with E-state index in [0.29, 0.717) is 28.9 Å². The van der Waals surface area contributed by atoms with Crippen molar-refractivity contribution in [3.05, 3.63) is 33.3 Å². The number of nitro benzene ring substituents is 1. The third-order valence-electron chi connectivity index (χ3n) is 2.73. The Balaban J connectivity index is 2.12. The van der Waals surface area contributed by atoms with E-state index >= 15 is 0 Å². The third-order valence-corrected chi connectivity index (χ3v) is 3.42. The first-order valence-electron chi connectivity index (χ1n) is 5.74. The fourth-order valence-electron chi connectivity index (χ4n) is 1.73. The van der Waals surface area contributed by atoms with Crippen molar-refractivity contribution in [1.82, 2.24) is 10.2 Å². The lowest BCUT2D eigenvalue weighted by Gasteiger charge is -2.29. The van der Waals surface area contributed by atoms with Crippen molar-refractivity contribution >= 4 is 46.2 Å². The van der Waals surface area contributed by atoms with E-state index in [0.717, 1.165) is 0 Å². The molecule has 1 saturated heterocycles. The van der Waals surface area contributed by atoms with Crippen molar-refractivity contribution in [2.24, 2.45) is 0 Å². The van der Waals surface area contributed by atoms with Crippen LogP contribution in [0.15, 0.2) is 18.2 Å². The number of nitrogens with one attached hydrogen (secondary N) is 2. The predicted octanol–water partition coefficient (Wildman–Crippen LogP) is 1.38. The molecule has 1 aromatic carbocycles. The Labute approximate surface area is 125 Å². The number of hydrogen-bond acceptors (Lipinski definition) is 4. The first-order chi connectivity index (χ1) is 9.47.